The van der Waals surface area contributed by atoms with E-state index in [-0.39, 0.29) is 6.04 Å². The Hall–Kier alpha value is -2.57. The number of ether oxygens (including phenoxy) is 1. The van der Waals surface area contributed by atoms with Crippen LogP contribution in [0.15, 0.2) is 24.3 Å². The molecule has 7 heteroatoms. The lowest BCUT2D eigenvalue weighted by molar-refractivity contribution is -0.123. The van der Waals surface area contributed by atoms with E-state index >= 15 is 0 Å². The third-order valence-corrected chi connectivity index (χ3v) is 3.81. The van der Waals surface area contributed by atoms with Crippen molar-refractivity contribution in [3.63, 3.8) is 0 Å². The highest BCUT2D eigenvalue weighted by Crippen LogP contribution is 2.15. The summed E-state index contributed by atoms with van der Waals surface area (Å²) in [7, 11) is 0. The largest absolute Gasteiger partial charge is 0.452 e. The van der Waals surface area contributed by atoms with E-state index in [1.54, 1.807) is 12.1 Å². The van der Waals surface area contributed by atoms with Crippen LogP contribution in [0.4, 0.5) is 10.5 Å². The van der Waals surface area contributed by atoms with Gasteiger partial charge in [-0.2, -0.15) is 0 Å². The third kappa shape index (κ3) is 6.82. The van der Waals surface area contributed by atoms with E-state index in [0.717, 1.165) is 25.2 Å². The maximum absolute atomic E-state index is 12.0. The molecule has 1 atom stereocenters. The van der Waals surface area contributed by atoms with Crippen molar-refractivity contribution in [3.8, 4) is 0 Å². The number of urea groups is 1. The summed E-state index contributed by atoms with van der Waals surface area (Å²) in [4.78, 5) is 37.2. The van der Waals surface area contributed by atoms with Crippen molar-refractivity contribution < 1.29 is 19.1 Å². The Labute approximate surface area is 148 Å². The van der Waals surface area contributed by atoms with Crippen LogP contribution in [0.2, 0.25) is 0 Å². The molecule has 0 aromatic heterocycles. The third-order valence-electron chi connectivity index (χ3n) is 3.81. The first-order chi connectivity index (χ1) is 11.9. The summed E-state index contributed by atoms with van der Waals surface area (Å²) in [5.74, 6) is -1.28. The van der Waals surface area contributed by atoms with Crippen LogP contribution < -0.4 is 15.5 Å². The highest BCUT2D eigenvalue weighted by Gasteiger charge is 2.13. The van der Waals surface area contributed by atoms with E-state index in [0.29, 0.717) is 5.56 Å². The van der Waals surface area contributed by atoms with Crippen LogP contribution in [0.1, 0.15) is 44.5 Å². The summed E-state index contributed by atoms with van der Waals surface area (Å²) >= 11 is 0. The predicted octanol–water partition coefficient (Wildman–Crippen LogP) is 2.31. The molecule has 138 valence electrons. The number of esters is 1. The average Bonchev–Trinajstić information content (AvgIpc) is 2.61. The number of nitrogens with zero attached hydrogens (tertiary/aromatic N) is 1. The van der Waals surface area contributed by atoms with E-state index in [9.17, 15) is 14.4 Å². The van der Waals surface area contributed by atoms with Gasteiger partial charge in [0.2, 0.25) is 0 Å². The molecule has 0 saturated heterocycles. The monoisotopic (exact) mass is 349 g/mol. The van der Waals surface area contributed by atoms with Crippen LogP contribution in [0, 0.1) is 0 Å². The summed E-state index contributed by atoms with van der Waals surface area (Å²) in [6.45, 7) is 9.10. The molecule has 0 aliphatic rings. The summed E-state index contributed by atoms with van der Waals surface area (Å²) < 4.78 is 4.93. The number of benzene rings is 1. The number of imide groups is 1. The van der Waals surface area contributed by atoms with Crippen molar-refractivity contribution in [1.82, 2.24) is 10.6 Å². The van der Waals surface area contributed by atoms with Gasteiger partial charge in [0.25, 0.3) is 5.91 Å². The molecule has 0 saturated carbocycles. The van der Waals surface area contributed by atoms with E-state index in [4.69, 9.17) is 4.74 Å². The van der Waals surface area contributed by atoms with Crippen LogP contribution in [0.25, 0.3) is 0 Å². The zero-order valence-corrected chi connectivity index (χ0v) is 15.3. The van der Waals surface area contributed by atoms with Gasteiger partial charge in [-0.3, -0.25) is 10.1 Å². The number of carbonyl (C=O) groups is 3. The van der Waals surface area contributed by atoms with Crippen molar-refractivity contribution in [2.24, 2.45) is 0 Å². The first-order valence-electron chi connectivity index (χ1n) is 8.53. The maximum Gasteiger partial charge on any atom is 0.338 e. The van der Waals surface area contributed by atoms with Gasteiger partial charge in [0.15, 0.2) is 6.61 Å². The van der Waals surface area contributed by atoms with Gasteiger partial charge in [-0.25, -0.2) is 9.59 Å². The minimum Gasteiger partial charge on any atom is -0.452 e. The molecule has 0 bridgehead atoms. The van der Waals surface area contributed by atoms with Crippen LogP contribution in [0.5, 0.6) is 0 Å². The second-order valence-electron chi connectivity index (χ2n) is 5.63. The number of nitrogens with one attached hydrogen (secondary N) is 2. The molecule has 25 heavy (non-hydrogen) atoms. The zero-order chi connectivity index (χ0) is 18.8. The topological polar surface area (TPSA) is 87.7 Å². The fourth-order valence-corrected chi connectivity index (χ4v) is 2.14. The first-order valence-corrected chi connectivity index (χ1v) is 8.53. The van der Waals surface area contributed by atoms with Crippen molar-refractivity contribution in [3.05, 3.63) is 29.8 Å². The molecule has 1 aromatic carbocycles. The van der Waals surface area contributed by atoms with Gasteiger partial charge < -0.3 is 15.0 Å². The minimum absolute atomic E-state index is 0.0420. The number of hydrogen-bond donors (Lipinski definition) is 2. The van der Waals surface area contributed by atoms with Gasteiger partial charge in [-0.05, 0) is 51.5 Å². The number of amides is 3. The van der Waals surface area contributed by atoms with E-state index in [2.05, 4.69) is 29.4 Å². The molecule has 0 unspecified atom stereocenters. The van der Waals surface area contributed by atoms with Crippen LogP contribution in [-0.2, 0) is 9.53 Å². The Balaban J connectivity index is 2.48. The van der Waals surface area contributed by atoms with E-state index in [1.165, 1.54) is 0 Å². The zero-order valence-electron chi connectivity index (χ0n) is 15.3. The predicted molar refractivity (Wildman–Crippen MR) is 96.7 cm³/mol. The van der Waals surface area contributed by atoms with Crippen molar-refractivity contribution in [2.45, 2.75) is 40.2 Å². The van der Waals surface area contributed by atoms with Crippen LogP contribution in [0.3, 0.4) is 0 Å². The van der Waals surface area contributed by atoms with Crippen LogP contribution in [-0.4, -0.2) is 43.6 Å². The highest BCUT2D eigenvalue weighted by atomic mass is 16.5. The molecule has 2 N–H and O–H groups in total. The molecule has 3 amide bonds. The molecule has 0 aliphatic carbocycles. The Kier molecular flexibility index (Phi) is 8.46. The summed E-state index contributed by atoms with van der Waals surface area (Å²) in [6.07, 6.45) is 0.750. The van der Waals surface area contributed by atoms with E-state index in [1.807, 2.05) is 26.0 Å². The highest BCUT2D eigenvalue weighted by molar-refractivity contribution is 5.97. The normalized spacial score (nSPS) is 11.4. The molecule has 0 aliphatic heterocycles. The lowest BCUT2D eigenvalue weighted by atomic mass is 10.2. The van der Waals surface area contributed by atoms with Crippen molar-refractivity contribution in [1.29, 1.82) is 0 Å². The number of anilines is 1. The second kappa shape index (κ2) is 10.3. The quantitative estimate of drug-likeness (QED) is 0.703. The average molecular weight is 349 g/mol. The Morgan fingerprint density at radius 3 is 2.20 bits per heavy atom. The lowest BCUT2D eigenvalue weighted by Gasteiger charge is -2.20. The second-order valence-corrected chi connectivity index (χ2v) is 5.63. The Morgan fingerprint density at radius 1 is 1.08 bits per heavy atom. The SMILES string of the molecule is CC[C@@H](C)NC(=O)NC(=O)COC(=O)c1ccc(N(CC)CC)cc1. The molecule has 0 fully saturated rings. The van der Waals surface area contributed by atoms with Gasteiger partial charge in [0.1, 0.15) is 0 Å². The van der Waals surface area contributed by atoms with Crippen molar-refractivity contribution >= 4 is 23.6 Å². The maximum atomic E-state index is 12.0. The van der Waals surface area contributed by atoms with Gasteiger partial charge in [-0.15, -0.1) is 0 Å². The van der Waals surface area contributed by atoms with Crippen LogP contribution >= 0.6 is 0 Å². The Morgan fingerprint density at radius 2 is 1.68 bits per heavy atom. The number of hydrogen-bond acceptors (Lipinski definition) is 5. The standard InChI is InChI=1S/C18H27N3O4/c1-5-13(4)19-18(24)20-16(22)12-25-17(23)14-8-10-15(11-9-14)21(6-2)7-3/h8-11,13H,5-7,12H2,1-4H3,(H2,19,20,22,24)/t13-/m1/s1. The van der Waals surface area contributed by atoms with Gasteiger partial charge in [0, 0.05) is 24.8 Å². The molecule has 0 spiro atoms. The summed E-state index contributed by atoms with van der Waals surface area (Å²) in [5, 5.41) is 4.71. The van der Waals surface area contributed by atoms with Crippen molar-refractivity contribution in [2.75, 3.05) is 24.6 Å². The molecular formula is C18H27N3O4. The molecule has 1 rings (SSSR count). The summed E-state index contributed by atoms with van der Waals surface area (Å²) in [6, 6.07) is 6.35. The summed E-state index contributed by atoms with van der Waals surface area (Å²) in [5.41, 5.74) is 1.37. The van der Waals surface area contributed by atoms with Gasteiger partial charge in [-0.1, -0.05) is 6.92 Å². The minimum atomic E-state index is -0.672. The first kappa shape index (κ1) is 20.5. The van der Waals surface area contributed by atoms with Gasteiger partial charge in [0.05, 0.1) is 5.56 Å². The fourth-order valence-electron chi connectivity index (χ4n) is 2.14. The number of rotatable bonds is 8. The van der Waals surface area contributed by atoms with Gasteiger partial charge >= 0.3 is 12.0 Å². The molecule has 0 radical (unpaired) electrons. The Bertz CT molecular complexity index is 582. The molecular weight excluding hydrogens is 322 g/mol. The van der Waals surface area contributed by atoms with E-state index < -0.39 is 24.5 Å². The molecule has 0 heterocycles. The molecule has 1 aromatic rings. The lowest BCUT2D eigenvalue weighted by Crippen LogP contribution is -2.44. The fraction of sp³-hybridized carbons (Fsp3) is 0.500. The smallest absolute Gasteiger partial charge is 0.338 e. The molecule has 7 nitrogen and oxygen atoms in total. The number of carbonyl (C=O) groups excluding carboxylic acids is 3.